The Kier molecular flexibility index (Phi) is 3.20. The fourth-order valence-electron chi connectivity index (χ4n) is 3.50. The van der Waals surface area contributed by atoms with E-state index in [1.807, 2.05) is 12.1 Å². The highest BCUT2D eigenvalue weighted by Gasteiger charge is 2.35. The van der Waals surface area contributed by atoms with Crippen LogP contribution in [0.5, 0.6) is 0 Å². The second kappa shape index (κ2) is 4.86. The average Bonchev–Trinajstić information content (AvgIpc) is 2.84. The Hall–Kier alpha value is -1.53. The van der Waals surface area contributed by atoms with E-state index in [1.165, 1.54) is 24.9 Å². The van der Waals surface area contributed by atoms with Gasteiger partial charge in [-0.05, 0) is 50.9 Å². The third-order valence-corrected chi connectivity index (χ3v) is 4.52. The number of piperazine rings is 1. The summed E-state index contributed by atoms with van der Waals surface area (Å²) in [6.45, 7) is 7.82. The van der Waals surface area contributed by atoms with Gasteiger partial charge in [-0.2, -0.15) is 5.26 Å². The zero-order valence-corrected chi connectivity index (χ0v) is 11.8. The van der Waals surface area contributed by atoms with Crippen molar-refractivity contribution < 1.29 is 0 Å². The summed E-state index contributed by atoms with van der Waals surface area (Å²) < 4.78 is 0. The Morgan fingerprint density at radius 3 is 2.95 bits per heavy atom. The lowest BCUT2D eigenvalue weighted by Gasteiger charge is -2.44. The summed E-state index contributed by atoms with van der Waals surface area (Å²) in [6.07, 6.45) is 2.63. The first-order chi connectivity index (χ1) is 9.19. The molecule has 2 atom stereocenters. The minimum atomic E-state index is 0.489. The van der Waals surface area contributed by atoms with Crippen LogP contribution in [0.4, 0.5) is 5.69 Å². The van der Waals surface area contributed by atoms with Gasteiger partial charge in [-0.1, -0.05) is 6.07 Å². The van der Waals surface area contributed by atoms with Crippen molar-refractivity contribution in [2.24, 2.45) is 0 Å². The van der Waals surface area contributed by atoms with E-state index in [2.05, 4.69) is 35.8 Å². The molecule has 0 aromatic heterocycles. The fraction of sp³-hybridized carbons (Fsp3) is 0.562. The molecule has 2 saturated heterocycles. The first-order valence-electron chi connectivity index (χ1n) is 7.20. The molecule has 0 bridgehead atoms. The molecule has 19 heavy (non-hydrogen) atoms. The number of hydrogen-bond donors (Lipinski definition) is 0. The summed E-state index contributed by atoms with van der Waals surface area (Å²) in [4.78, 5) is 5.06. The summed E-state index contributed by atoms with van der Waals surface area (Å²) in [5.74, 6) is 0. The summed E-state index contributed by atoms with van der Waals surface area (Å²) in [5.41, 5.74) is 3.17. The molecule has 2 fully saturated rings. The molecular weight excluding hydrogens is 234 g/mol. The van der Waals surface area contributed by atoms with Gasteiger partial charge in [-0.25, -0.2) is 0 Å². The van der Waals surface area contributed by atoms with Crippen LogP contribution in [0, 0.1) is 18.3 Å². The van der Waals surface area contributed by atoms with Gasteiger partial charge in [-0.15, -0.1) is 0 Å². The Bertz CT molecular complexity index is 517. The van der Waals surface area contributed by atoms with Crippen molar-refractivity contribution in [3.05, 3.63) is 29.3 Å². The molecule has 2 aliphatic heterocycles. The lowest BCUT2D eigenvalue weighted by atomic mass is 10.0. The van der Waals surface area contributed by atoms with E-state index in [9.17, 15) is 5.26 Å². The predicted molar refractivity (Wildman–Crippen MR) is 77.3 cm³/mol. The van der Waals surface area contributed by atoms with Crippen LogP contribution < -0.4 is 4.90 Å². The molecule has 2 aliphatic rings. The van der Waals surface area contributed by atoms with Gasteiger partial charge in [0, 0.05) is 25.2 Å². The van der Waals surface area contributed by atoms with Gasteiger partial charge in [0.15, 0.2) is 0 Å². The molecule has 0 N–H and O–H groups in total. The number of benzene rings is 1. The number of nitriles is 1. The average molecular weight is 255 g/mol. The van der Waals surface area contributed by atoms with E-state index in [0.29, 0.717) is 12.1 Å². The normalized spacial score (nSPS) is 27.1. The third kappa shape index (κ3) is 2.21. The topological polar surface area (TPSA) is 30.3 Å². The number of hydrogen-bond acceptors (Lipinski definition) is 3. The Labute approximate surface area is 115 Å². The van der Waals surface area contributed by atoms with E-state index < -0.39 is 0 Å². The third-order valence-electron chi connectivity index (χ3n) is 4.52. The second-order valence-corrected chi connectivity index (χ2v) is 5.92. The van der Waals surface area contributed by atoms with Gasteiger partial charge in [0.25, 0.3) is 0 Å². The van der Waals surface area contributed by atoms with Crippen LogP contribution in [-0.4, -0.2) is 36.6 Å². The quantitative estimate of drug-likeness (QED) is 0.772. The summed E-state index contributed by atoms with van der Waals surface area (Å²) >= 11 is 0. The Morgan fingerprint density at radius 1 is 1.32 bits per heavy atom. The maximum atomic E-state index is 9.33. The number of fused-ring (bicyclic) bond motifs is 1. The number of aryl methyl sites for hydroxylation is 1. The lowest BCUT2D eigenvalue weighted by molar-refractivity contribution is 0.203. The molecule has 3 heteroatoms. The molecule has 0 aliphatic carbocycles. The highest BCUT2D eigenvalue weighted by Crippen LogP contribution is 2.31. The summed E-state index contributed by atoms with van der Waals surface area (Å²) in [5, 5.41) is 9.33. The molecule has 3 rings (SSSR count). The number of nitrogens with zero attached hydrogens (tertiary/aromatic N) is 3. The van der Waals surface area contributed by atoms with Crippen molar-refractivity contribution in [2.75, 3.05) is 24.5 Å². The van der Waals surface area contributed by atoms with Crippen molar-refractivity contribution in [1.82, 2.24) is 4.90 Å². The van der Waals surface area contributed by atoms with Crippen molar-refractivity contribution in [3.8, 4) is 6.07 Å². The molecule has 3 nitrogen and oxygen atoms in total. The van der Waals surface area contributed by atoms with Crippen LogP contribution >= 0.6 is 0 Å². The smallest absolute Gasteiger partial charge is 0.101 e. The SMILES string of the molecule is Cc1ccc(C#N)c(N2CC3CCCN3CC2C)c1. The maximum Gasteiger partial charge on any atom is 0.101 e. The highest BCUT2D eigenvalue weighted by atomic mass is 15.3. The fourth-order valence-corrected chi connectivity index (χ4v) is 3.50. The Morgan fingerprint density at radius 2 is 2.16 bits per heavy atom. The molecule has 100 valence electrons. The molecule has 0 radical (unpaired) electrons. The van der Waals surface area contributed by atoms with E-state index in [0.717, 1.165) is 24.3 Å². The monoisotopic (exact) mass is 255 g/mol. The van der Waals surface area contributed by atoms with Crippen LogP contribution in [0.1, 0.15) is 30.9 Å². The predicted octanol–water partition coefficient (Wildman–Crippen LogP) is 2.54. The molecule has 0 spiro atoms. The van der Waals surface area contributed by atoms with Gasteiger partial charge >= 0.3 is 0 Å². The van der Waals surface area contributed by atoms with Gasteiger partial charge in [0.2, 0.25) is 0 Å². The second-order valence-electron chi connectivity index (χ2n) is 5.92. The van der Waals surface area contributed by atoms with Crippen LogP contribution in [0.2, 0.25) is 0 Å². The van der Waals surface area contributed by atoms with Gasteiger partial charge in [-0.3, -0.25) is 4.90 Å². The van der Waals surface area contributed by atoms with Gasteiger partial charge < -0.3 is 4.90 Å². The minimum Gasteiger partial charge on any atom is -0.365 e. The largest absolute Gasteiger partial charge is 0.365 e. The minimum absolute atomic E-state index is 0.489. The summed E-state index contributed by atoms with van der Waals surface area (Å²) in [6, 6.07) is 9.67. The molecule has 2 heterocycles. The summed E-state index contributed by atoms with van der Waals surface area (Å²) in [7, 11) is 0. The highest BCUT2D eigenvalue weighted by molar-refractivity contribution is 5.61. The zero-order valence-electron chi connectivity index (χ0n) is 11.8. The molecule has 0 saturated carbocycles. The standard InChI is InChI=1S/C16H21N3/c1-12-5-6-14(9-17)16(8-12)19-11-15-4-3-7-18(15)10-13(19)2/h5-6,8,13,15H,3-4,7,10-11H2,1-2H3. The van der Waals surface area contributed by atoms with E-state index >= 15 is 0 Å². The first kappa shape index (κ1) is 12.5. The maximum absolute atomic E-state index is 9.33. The van der Waals surface area contributed by atoms with Gasteiger partial charge in [0.05, 0.1) is 11.3 Å². The number of anilines is 1. The van der Waals surface area contributed by atoms with Crippen molar-refractivity contribution in [2.45, 2.75) is 38.8 Å². The molecule has 1 aromatic rings. The van der Waals surface area contributed by atoms with Crippen LogP contribution in [0.3, 0.4) is 0 Å². The molecule has 1 aromatic carbocycles. The van der Waals surface area contributed by atoms with E-state index in [4.69, 9.17) is 0 Å². The lowest BCUT2D eigenvalue weighted by Crippen LogP contribution is -2.55. The van der Waals surface area contributed by atoms with Gasteiger partial charge in [0.1, 0.15) is 6.07 Å². The molecule has 0 amide bonds. The molecule has 2 unspecified atom stereocenters. The van der Waals surface area contributed by atoms with Crippen molar-refractivity contribution >= 4 is 5.69 Å². The van der Waals surface area contributed by atoms with Crippen molar-refractivity contribution in [1.29, 1.82) is 5.26 Å². The van der Waals surface area contributed by atoms with E-state index in [-0.39, 0.29) is 0 Å². The van der Waals surface area contributed by atoms with Crippen LogP contribution in [0.15, 0.2) is 18.2 Å². The first-order valence-corrected chi connectivity index (χ1v) is 7.20. The van der Waals surface area contributed by atoms with Crippen LogP contribution in [-0.2, 0) is 0 Å². The zero-order chi connectivity index (χ0) is 13.4. The molecular formula is C16H21N3. The number of rotatable bonds is 1. The Balaban J connectivity index is 1.93. The van der Waals surface area contributed by atoms with E-state index in [1.54, 1.807) is 0 Å². The van der Waals surface area contributed by atoms with Crippen LogP contribution in [0.25, 0.3) is 0 Å². The van der Waals surface area contributed by atoms with Crippen molar-refractivity contribution in [3.63, 3.8) is 0 Å².